The molecule has 2 aromatic heterocycles. The molecule has 0 bridgehead atoms. The van der Waals surface area contributed by atoms with Crippen molar-refractivity contribution < 1.29 is 0 Å². The van der Waals surface area contributed by atoms with Crippen molar-refractivity contribution in [1.82, 2.24) is 25.5 Å². The lowest BCUT2D eigenvalue weighted by Gasteiger charge is -2.07. The Morgan fingerprint density at radius 3 is 3.12 bits per heavy atom. The van der Waals surface area contributed by atoms with Gasteiger partial charge in [-0.1, -0.05) is 6.07 Å². The number of pyridine rings is 1. The van der Waals surface area contributed by atoms with E-state index in [1.165, 1.54) is 36.5 Å². The highest BCUT2D eigenvalue weighted by atomic mass is 32.2. The van der Waals surface area contributed by atoms with E-state index in [2.05, 4.69) is 31.5 Å². The Labute approximate surface area is 103 Å². The van der Waals surface area contributed by atoms with Crippen molar-refractivity contribution in [2.45, 2.75) is 35.6 Å². The maximum absolute atomic E-state index is 4.39. The molecule has 17 heavy (non-hydrogen) atoms. The van der Waals surface area contributed by atoms with E-state index in [0.717, 1.165) is 16.7 Å². The van der Waals surface area contributed by atoms with Gasteiger partial charge in [-0.2, -0.15) is 5.10 Å². The summed E-state index contributed by atoms with van der Waals surface area (Å²) < 4.78 is 0. The predicted molar refractivity (Wildman–Crippen MR) is 64.6 cm³/mol. The van der Waals surface area contributed by atoms with Crippen molar-refractivity contribution in [2.75, 3.05) is 0 Å². The summed E-state index contributed by atoms with van der Waals surface area (Å²) in [5, 5.41) is 11.9. The Hall–Kier alpha value is -1.40. The number of aromatic nitrogens is 4. The van der Waals surface area contributed by atoms with Gasteiger partial charge in [-0.05, 0) is 36.2 Å². The SMILES string of the molecule is c1cnc(Sc2ncn[nH]2)c(CNC2CC2)c1. The molecule has 5 nitrogen and oxygen atoms in total. The molecule has 2 heterocycles. The van der Waals surface area contributed by atoms with Crippen LogP contribution in [0.15, 0.2) is 34.8 Å². The van der Waals surface area contributed by atoms with Crippen LogP contribution in [0.25, 0.3) is 0 Å². The van der Waals surface area contributed by atoms with Gasteiger partial charge < -0.3 is 5.32 Å². The zero-order chi connectivity index (χ0) is 11.5. The average Bonchev–Trinajstić information content (AvgIpc) is 3.05. The second-order valence-electron chi connectivity index (χ2n) is 4.02. The number of hydrogen-bond acceptors (Lipinski definition) is 5. The molecule has 6 heteroatoms. The van der Waals surface area contributed by atoms with E-state index in [-0.39, 0.29) is 0 Å². The zero-order valence-electron chi connectivity index (χ0n) is 9.26. The normalized spacial score (nSPS) is 15.1. The van der Waals surface area contributed by atoms with Crippen LogP contribution in [0.4, 0.5) is 0 Å². The van der Waals surface area contributed by atoms with E-state index in [1.54, 1.807) is 6.20 Å². The number of aromatic amines is 1. The van der Waals surface area contributed by atoms with E-state index < -0.39 is 0 Å². The van der Waals surface area contributed by atoms with Crippen LogP contribution in [0.2, 0.25) is 0 Å². The predicted octanol–water partition coefficient (Wildman–Crippen LogP) is 1.60. The second kappa shape index (κ2) is 4.85. The van der Waals surface area contributed by atoms with Crippen molar-refractivity contribution in [2.24, 2.45) is 0 Å². The molecule has 1 aliphatic rings. The minimum Gasteiger partial charge on any atom is -0.310 e. The number of hydrogen-bond donors (Lipinski definition) is 2. The summed E-state index contributed by atoms with van der Waals surface area (Å²) in [6, 6.07) is 4.77. The van der Waals surface area contributed by atoms with E-state index in [0.29, 0.717) is 6.04 Å². The summed E-state index contributed by atoms with van der Waals surface area (Å²) >= 11 is 1.51. The van der Waals surface area contributed by atoms with Gasteiger partial charge in [-0.25, -0.2) is 9.97 Å². The molecular formula is C11H13N5S. The van der Waals surface area contributed by atoms with E-state index >= 15 is 0 Å². The summed E-state index contributed by atoms with van der Waals surface area (Å²) in [6.45, 7) is 0.870. The fourth-order valence-corrected chi connectivity index (χ4v) is 2.29. The zero-order valence-corrected chi connectivity index (χ0v) is 10.1. The largest absolute Gasteiger partial charge is 0.310 e. The second-order valence-corrected chi connectivity index (χ2v) is 4.99. The van der Waals surface area contributed by atoms with Gasteiger partial charge >= 0.3 is 0 Å². The molecule has 0 saturated heterocycles. The minimum atomic E-state index is 0.707. The maximum Gasteiger partial charge on any atom is 0.189 e. The first kappa shape index (κ1) is 10.7. The van der Waals surface area contributed by atoms with Crippen LogP contribution < -0.4 is 5.32 Å². The van der Waals surface area contributed by atoms with Crippen molar-refractivity contribution in [3.05, 3.63) is 30.2 Å². The molecule has 88 valence electrons. The van der Waals surface area contributed by atoms with Crippen molar-refractivity contribution in [3.63, 3.8) is 0 Å². The lowest BCUT2D eigenvalue weighted by atomic mass is 10.3. The lowest BCUT2D eigenvalue weighted by molar-refractivity contribution is 0.675. The summed E-state index contributed by atoms with van der Waals surface area (Å²) in [7, 11) is 0. The van der Waals surface area contributed by atoms with Gasteiger partial charge in [0.15, 0.2) is 5.16 Å². The summed E-state index contributed by atoms with van der Waals surface area (Å²) in [5.74, 6) is 0. The number of H-pyrrole nitrogens is 1. The molecule has 3 rings (SSSR count). The standard InChI is InChI=1S/C11H13N5S/c1-2-8(6-13-9-3-4-9)10(12-5-1)17-11-14-7-15-16-11/h1-2,5,7,9,13H,3-4,6H2,(H,14,15,16). The fourth-order valence-electron chi connectivity index (χ4n) is 1.53. The monoisotopic (exact) mass is 247 g/mol. The lowest BCUT2D eigenvalue weighted by Crippen LogP contribution is -2.16. The van der Waals surface area contributed by atoms with Crippen LogP contribution in [0, 0.1) is 0 Å². The Balaban J connectivity index is 1.72. The molecule has 2 N–H and O–H groups in total. The van der Waals surface area contributed by atoms with E-state index in [9.17, 15) is 0 Å². The Bertz CT molecular complexity index is 480. The molecule has 0 aromatic carbocycles. The Kier molecular flexibility index (Phi) is 3.06. The molecule has 1 fully saturated rings. The molecular weight excluding hydrogens is 234 g/mol. The Morgan fingerprint density at radius 1 is 1.41 bits per heavy atom. The fraction of sp³-hybridized carbons (Fsp3) is 0.364. The highest BCUT2D eigenvalue weighted by molar-refractivity contribution is 7.99. The van der Waals surface area contributed by atoms with Gasteiger partial charge in [0.1, 0.15) is 11.4 Å². The van der Waals surface area contributed by atoms with E-state index in [4.69, 9.17) is 0 Å². The molecule has 2 aromatic rings. The number of nitrogens with zero attached hydrogens (tertiary/aromatic N) is 3. The minimum absolute atomic E-state index is 0.707. The van der Waals surface area contributed by atoms with Gasteiger partial charge in [0, 0.05) is 18.8 Å². The van der Waals surface area contributed by atoms with Crippen molar-refractivity contribution in [1.29, 1.82) is 0 Å². The first-order valence-corrected chi connectivity index (χ1v) is 6.44. The van der Waals surface area contributed by atoms with Crippen LogP contribution in [0.5, 0.6) is 0 Å². The smallest absolute Gasteiger partial charge is 0.189 e. The molecule has 0 radical (unpaired) electrons. The third-order valence-electron chi connectivity index (χ3n) is 2.59. The van der Waals surface area contributed by atoms with Crippen molar-refractivity contribution >= 4 is 11.8 Å². The van der Waals surface area contributed by atoms with Crippen LogP contribution in [-0.4, -0.2) is 26.2 Å². The first-order chi connectivity index (χ1) is 8.42. The Morgan fingerprint density at radius 2 is 2.35 bits per heavy atom. The van der Waals surface area contributed by atoms with Crippen molar-refractivity contribution in [3.8, 4) is 0 Å². The van der Waals surface area contributed by atoms with Gasteiger partial charge in [-0.3, -0.25) is 5.10 Å². The highest BCUT2D eigenvalue weighted by Crippen LogP contribution is 2.26. The molecule has 1 aliphatic carbocycles. The molecule has 1 saturated carbocycles. The average molecular weight is 247 g/mol. The third-order valence-corrected chi connectivity index (χ3v) is 3.55. The van der Waals surface area contributed by atoms with Gasteiger partial charge in [0.05, 0.1) is 0 Å². The molecule has 0 amide bonds. The van der Waals surface area contributed by atoms with Gasteiger partial charge in [0.25, 0.3) is 0 Å². The molecule has 0 atom stereocenters. The summed E-state index contributed by atoms with van der Waals surface area (Å²) in [4.78, 5) is 8.48. The first-order valence-electron chi connectivity index (χ1n) is 5.62. The summed E-state index contributed by atoms with van der Waals surface area (Å²) in [5.41, 5.74) is 1.21. The van der Waals surface area contributed by atoms with E-state index in [1.807, 2.05) is 6.07 Å². The van der Waals surface area contributed by atoms with Crippen LogP contribution in [0.3, 0.4) is 0 Å². The third kappa shape index (κ3) is 2.83. The molecule has 0 spiro atoms. The molecule has 0 aliphatic heterocycles. The topological polar surface area (TPSA) is 66.5 Å². The molecule has 0 unspecified atom stereocenters. The summed E-state index contributed by atoms with van der Waals surface area (Å²) in [6.07, 6.45) is 5.91. The van der Waals surface area contributed by atoms with Crippen LogP contribution in [-0.2, 0) is 6.54 Å². The van der Waals surface area contributed by atoms with Crippen LogP contribution in [0.1, 0.15) is 18.4 Å². The van der Waals surface area contributed by atoms with Crippen LogP contribution >= 0.6 is 11.8 Å². The maximum atomic E-state index is 4.39. The quantitative estimate of drug-likeness (QED) is 0.840. The number of nitrogens with one attached hydrogen (secondary N) is 2. The van der Waals surface area contributed by atoms with Gasteiger partial charge in [0.2, 0.25) is 0 Å². The van der Waals surface area contributed by atoms with Gasteiger partial charge in [-0.15, -0.1) is 0 Å². The highest BCUT2D eigenvalue weighted by Gasteiger charge is 2.20. The number of rotatable bonds is 5.